The van der Waals surface area contributed by atoms with Crippen LogP contribution in [0.25, 0.3) is 0 Å². The van der Waals surface area contributed by atoms with Gasteiger partial charge in [-0.3, -0.25) is 4.90 Å². The Morgan fingerprint density at radius 3 is 2.81 bits per heavy atom. The van der Waals surface area contributed by atoms with E-state index >= 15 is 0 Å². The van der Waals surface area contributed by atoms with E-state index in [-0.39, 0.29) is 18.0 Å². The third kappa shape index (κ3) is 3.50. The van der Waals surface area contributed by atoms with Crippen molar-refractivity contribution in [3.63, 3.8) is 0 Å². The van der Waals surface area contributed by atoms with Crippen LogP contribution in [0.3, 0.4) is 0 Å². The van der Waals surface area contributed by atoms with Crippen molar-refractivity contribution in [2.24, 2.45) is 0 Å². The molecule has 0 amide bonds. The highest BCUT2D eigenvalue weighted by molar-refractivity contribution is 5.35. The maximum atomic E-state index is 13.7. The number of nitrogens with zero attached hydrogens (tertiary/aromatic N) is 2. The summed E-state index contributed by atoms with van der Waals surface area (Å²) in [6.45, 7) is 4.70. The summed E-state index contributed by atoms with van der Waals surface area (Å²) in [4.78, 5) is 2.29. The number of ether oxygens (including phenoxy) is 2. The number of halogens is 1. The number of hydrogen-bond acceptors (Lipinski definition) is 5. The molecule has 112 valence electrons. The standard InChI is InChI=1S/C15H18FN3O2/c16-14-5-11(6-17)1-2-15(14)20-4-3-19-9-12-7-18-8-13(10-19)21-12/h1-2,5,12-13,18H,3-4,7-10H2. The lowest BCUT2D eigenvalue weighted by Gasteiger charge is -2.41. The van der Waals surface area contributed by atoms with Crippen molar-refractivity contribution < 1.29 is 13.9 Å². The number of nitrogens with one attached hydrogen (secondary N) is 1. The van der Waals surface area contributed by atoms with E-state index in [1.165, 1.54) is 12.1 Å². The molecule has 3 rings (SSSR count). The van der Waals surface area contributed by atoms with Crippen LogP contribution in [0.5, 0.6) is 5.75 Å². The van der Waals surface area contributed by atoms with Crippen molar-refractivity contribution in [3.8, 4) is 11.8 Å². The smallest absolute Gasteiger partial charge is 0.166 e. The molecule has 6 heteroatoms. The molecule has 2 atom stereocenters. The molecule has 2 aliphatic rings. The third-order valence-corrected chi connectivity index (χ3v) is 3.78. The van der Waals surface area contributed by atoms with E-state index in [2.05, 4.69) is 10.2 Å². The van der Waals surface area contributed by atoms with Crippen molar-refractivity contribution in [1.82, 2.24) is 10.2 Å². The summed E-state index contributed by atoms with van der Waals surface area (Å²) >= 11 is 0. The largest absolute Gasteiger partial charge is 0.489 e. The third-order valence-electron chi connectivity index (χ3n) is 3.78. The monoisotopic (exact) mass is 291 g/mol. The van der Waals surface area contributed by atoms with E-state index in [1.54, 1.807) is 6.07 Å². The molecule has 1 N–H and O–H groups in total. The summed E-state index contributed by atoms with van der Waals surface area (Å²) in [5.74, 6) is -0.291. The predicted octanol–water partition coefficient (Wildman–Crippen LogP) is 0.749. The molecule has 2 bridgehead atoms. The van der Waals surface area contributed by atoms with Crippen molar-refractivity contribution in [1.29, 1.82) is 5.26 Å². The van der Waals surface area contributed by atoms with Crippen LogP contribution in [0.4, 0.5) is 4.39 Å². The Bertz CT molecular complexity index is 534. The first-order valence-electron chi connectivity index (χ1n) is 7.15. The highest BCUT2D eigenvalue weighted by Crippen LogP contribution is 2.18. The lowest BCUT2D eigenvalue weighted by Crippen LogP contribution is -2.58. The molecule has 0 aromatic heterocycles. The number of rotatable bonds is 4. The summed E-state index contributed by atoms with van der Waals surface area (Å²) in [6, 6.07) is 6.16. The minimum atomic E-state index is -0.489. The summed E-state index contributed by atoms with van der Waals surface area (Å²) in [6.07, 6.45) is 0.480. The normalized spacial score (nSPS) is 25.3. The molecular weight excluding hydrogens is 273 g/mol. The average molecular weight is 291 g/mol. The molecule has 2 heterocycles. The molecule has 21 heavy (non-hydrogen) atoms. The molecule has 2 unspecified atom stereocenters. The molecule has 1 aromatic rings. The molecule has 0 saturated carbocycles. The lowest BCUT2D eigenvalue weighted by atomic mass is 10.1. The lowest BCUT2D eigenvalue weighted by molar-refractivity contribution is -0.104. The van der Waals surface area contributed by atoms with Crippen LogP contribution in [0.1, 0.15) is 5.56 Å². The van der Waals surface area contributed by atoms with Crippen LogP contribution in [0, 0.1) is 17.1 Å². The van der Waals surface area contributed by atoms with E-state index < -0.39 is 5.82 Å². The van der Waals surface area contributed by atoms with Crippen molar-refractivity contribution in [2.45, 2.75) is 12.2 Å². The number of fused-ring (bicyclic) bond motifs is 2. The Hall–Kier alpha value is -1.68. The van der Waals surface area contributed by atoms with Gasteiger partial charge in [0, 0.05) is 32.7 Å². The van der Waals surface area contributed by atoms with Gasteiger partial charge in [-0.1, -0.05) is 0 Å². The van der Waals surface area contributed by atoms with Gasteiger partial charge in [-0.25, -0.2) is 4.39 Å². The van der Waals surface area contributed by atoms with E-state index in [4.69, 9.17) is 14.7 Å². The molecule has 0 aliphatic carbocycles. The fourth-order valence-corrected chi connectivity index (χ4v) is 2.79. The van der Waals surface area contributed by atoms with Gasteiger partial charge in [0.15, 0.2) is 11.6 Å². The van der Waals surface area contributed by atoms with Crippen molar-refractivity contribution >= 4 is 0 Å². The van der Waals surface area contributed by atoms with E-state index in [9.17, 15) is 4.39 Å². The SMILES string of the molecule is N#Cc1ccc(OCCN2CC3CNCC(C2)O3)c(F)c1. The van der Waals surface area contributed by atoms with Gasteiger partial charge in [0.1, 0.15) is 6.61 Å². The quantitative estimate of drug-likeness (QED) is 0.887. The van der Waals surface area contributed by atoms with Gasteiger partial charge < -0.3 is 14.8 Å². The van der Waals surface area contributed by atoms with Crippen LogP contribution in [0.2, 0.25) is 0 Å². The van der Waals surface area contributed by atoms with Gasteiger partial charge in [0.2, 0.25) is 0 Å². The first-order valence-corrected chi connectivity index (χ1v) is 7.15. The van der Waals surface area contributed by atoms with E-state index in [0.29, 0.717) is 12.2 Å². The topological polar surface area (TPSA) is 57.5 Å². The highest BCUT2D eigenvalue weighted by atomic mass is 19.1. The zero-order valence-electron chi connectivity index (χ0n) is 11.7. The molecular formula is C15H18FN3O2. The van der Waals surface area contributed by atoms with Gasteiger partial charge in [-0.15, -0.1) is 0 Å². The van der Waals surface area contributed by atoms with Gasteiger partial charge >= 0.3 is 0 Å². The average Bonchev–Trinajstić information content (AvgIpc) is 2.48. The number of nitriles is 1. The maximum Gasteiger partial charge on any atom is 0.166 e. The Balaban J connectivity index is 1.49. The second-order valence-electron chi connectivity index (χ2n) is 5.40. The molecule has 0 spiro atoms. The van der Waals surface area contributed by atoms with Gasteiger partial charge in [0.05, 0.1) is 23.8 Å². The molecule has 0 radical (unpaired) electrons. The zero-order chi connectivity index (χ0) is 14.7. The van der Waals surface area contributed by atoms with Crippen LogP contribution < -0.4 is 10.1 Å². The second-order valence-corrected chi connectivity index (χ2v) is 5.40. The minimum Gasteiger partial charge on any atom is -0.489 e. The number of morpholine rings is 2. The maximum absolute atomic E-state index is 13.7. The summed E-state index contributed by atoms with van der Waals surface area (Å²) in [5.41, 5.74) is 0.299. The fourth-order valence-electron chi connectivity index (χ4n) is 2.79. The van der Waals surface area contributed by atoms with Crippen LogP contribution in [-0.2, 0) is 4.74 Å². The van der Waals surface area contributed by atoms with Gasteiger partial charge in [-0.05, 0) is 18.2 Å². The minimum absolute atomic E-state index is 0.198. The fraction of sp³-hybridized carbons (Fsp3) is 0.533. The van der Waals surface area contributed by atoms with Crippen molar-refractivity contribution in [2.75, 3.05) is 39.3 Å². The molecule has 1 aromatic carbocycles. The molecule has 5 nitrogen and oxygen atoms in total. The van der Waals surface area contributed by atoms with E-state index in [1.807, 2.05) is 6.07 Å². The Labute approximate surface area is 123 Å². The molecule has 2 saturated heterocycles. The predicted molar refractivity (Wildman–Crippen MR) is 74.6 cm³/mol. The van der Waals surface area contributed by atoms with Crippen LogP contribution in [0.15, 0.2) is 18.2 Å². The second kappa shape index (κ2) is 6.39. The van der Waals surface area contributed by atoms with Crippen LogP contribution >= 0.6 is 0 Å². The van der Waals surface area contributed by atoms with Gasteiger partial charge in [-0.2, -0.15) is 5.26 Å². The molecule has 2 aliphatic heterocycles. The Morgan fingerprint density at radius 2 is 2.14 bits per heavy atom. The van der Waals surface area contributed by atoms with Crippen LogP contribution in [-0.4, -0.2) is 56.4 Å². The number of hydrogen-bond donors (Lipinski definition) is 1. The zero-order valence-corrected chi connectivity index (χ0v) is 11.7. The van der Waals surface area contributed by atoms with E-state index in [0.717, 1.165) is 32.7 Å². The summed E-state index contributed by atoms with van der Waals surface area (Å²) < 4.78 is 25.0. The number of benzene rings is 1. The molecule has 2 fully saturated rings. The van der Waals surface area contributed by atoms with Crippen molar-refractivity contribution in [3.05, 3.63) is 29.6 Å². The Morgan fingerprint density at radius 1 is 1.38 bits per heavy atom. The van der Waals surface area contributed by atoms with Gasteiger partial charge in [0.25, 0.3) is 0 Å². The Kier molecular flexibility index (Phi) is 4.34. The summed E-state index contributed by atoms with van der Waals surface area (Å²) in [5, 5.41) is 12.0. The first-order chi connectivity index (χ1) is 10.2. The summed E-state index contributed by atoms with van der Waals surface area (Å²) in [7, 11) is 0. The first kappa shape index (κ1) is 14.3. The highest BCUT2D eigenvalue weighted by Gasteiger charge is 2.30.